The number of nitrogens with two attached hydrogens (primary N) is 1. The molecule has 0 aromatic heterocycles. The van der Waals surface area contributed by atoms with E-state index >= 15 is 0 Å². The minimum atomic E-state index is -0.301. The van der Waals surface area contributed by atoms with E-state index in [9.17, 15) is 4.79 Å². The fourth-order valence-electron chi connectivity index (χ4n) is 4.14. The van der Waals surface area contributed by atoms with Crippen LogP contribution in [0.1, 0.15) is 24.0 Å². The van der Waals surface area contributed by atoms with E-state index in [1.807, 2.05) is 11.9 Å². The van der Waals surface area contributed by atoms with Gasteiger partial charge in [-0.2, -0.15) is 0 Å². The first-order valence-electron chi connectivity index (χ1n) is 10.4. The van der Waals surface area contributed by atoms with Crippen LogP contribution >= 0.6 is 37.2 Å². The molecule has 2 N–H and O–H groups in total. The predicted molar refractivity (Wildman–Crippen MR) is 141 cm³/mol. The Morgan fingerprint density at radius 1 is 0.938 bits per heavy atom. The maximum atomic E-state index is 11.1. The van der Waals surface area contributed by atoms with E-state index in [4.69, 9.17) is 5.73 Å². The van der Waals surface area contributed by atoms with Crippen molar-refractivity contribution in [2.45, 2.75) is 32.0 Å². The van der Waals surface area contributed by atoms with Gasteiger partial charge in [0, 0.05) is 19.1 Å². The maximum absolute atomic E-state index is 11.1. The number of piperidine rings is 1. The Morgan fingerprint density at radius 3 is 2.12 bits per heavy atom. The first kappa shape index (κ1) is 30.7. The summed E-state index contributed by atoms with van der Waals surface area (Å²) in [7, 11) is 6.28. The van der Waals surface area contributed by atoms with Gasteiger partial charge in [0.1, 0.15) is 0 Å². The number of carbonyl (C=O) groups excluding carboxylic acids is 1. The molecule has 5 nitrogen and oxygen atoms in total. The zero-order valence-electron chi connectivity index (χ0n) is 19.2. The molecular weight excluding hydrogens is 467 g/mol. The maximum Gasteiger partial charge on any atom is 0.231 e. The van der Waals surface area contributed by atoms with Crippen LogP contribution in [0.3, 0.4) is 0 Å². The van der Waals surface area contributed by atoms with Crippen LogP contribution in [0.2, 0.25) is 0 Å². The second-order valence-electron chi connectivity index (χ2n) is 8.51. The molecule has 1 fully saturated rings. The van der Waals surface area contributed by atoms with E-state index < -0.39 is 0 Å². The van der Waals surface area contributed by atoms with Gasteiger partial charge in [-0.3, -0.25) is 14.6 Å². The SMILES string of the molecule is CN(CC(N)=O)Cc1cccc(-c2ccc(CN3CCC(N(C)C)CC3)cc2)c1.Cl.Cl.Cl. The molecule has 180 valence electrons. The zero-order valence-corrected chi connectivity index (χ0v) is 21.6. The lowest BCUT2D eigenvalue weighted by Crippen LogP contribution is -2.41. The van der Waals surface area contributed by atoms with Crippen molar-refractivity contribution in [1.29, 1.82) is 0 Å². The highest BCUT2D eigenvalue weighted by atomic mass is 35.5. The van der Waals surface area contributed by atoms with Crippen LogP contribution in [0, 0.1) is 0 Å². The lowest BCUT2D eigenvalue weighted by Gasteiger charge is -2.35. The molecule has 0 radical (unpaired) electrons. The number of carbonyl (C=O) groups is 1. The summed E-state index contributed by atoms with van der Waals surface area (Å²) in [4.78, 5) is 17.9. The number of benzene rings is 2. The third kappa shape index (κ3) is 9.26. The average molecular weight is 504 g/mol. The number of likely N-dealkylation sites (N-methyl/N-ethyl adjacent to an activating group) is 1. The highest BCUT2D eigenvalue weighted by molar-refractivity contribution is 5.86. The van der Waals surface area contributed by atoms with Crippen molar-refractivity contribution < 1.29 is 4.79 Å². The minimum absolute atomic E-state index is 0. The number of primary amides is 1. The second-order valence-corrected chi connectivity index (χ2v) is 8.51. The van der Waals surface area contributed by atoms with Crippen molar-refractivity contribution >= 4 is 43.1 Å². The van der Waals surface area contributed by atoms with E-state index in [1.165, 1.54) is 48.2 Å². The lowest BCUT2D eigenvalue weighted by atomic mass is 10.0. The number of hydrogen-bond acceptors (Lipinski definition) is 4. The molecule has 1 amide bonds. The van der Waals surface area contributed by atoms with Crippen molar-refractivity contribution in [3.8, 4) is 11.1 Å². The molecule has 2 aromatic rings. The van der Waals surface area contributed by atoms with Crippen LogP contribution in [0.25, 0.3) is 11.1 Å². The number of hydrogen-bond donors (Lipinski definition) is 1. The molecule has 1 saturated heterocycles. The molecule has 1 aliphatic heterocycles. The van der Waals surface area contributed by atoms with Gasteiger partial charge in [-0.05, 0) is 75.4 Å². The van der Waals surface area contributed by atoms with Crippen LogP contribution < -0.4 is 5.73 Å². The summed E-state index contributed by atoms with van der Waals surface area (Å²) in [5, 5.41) is 0. The molecule has 8 heteroatoms. The van der Waals surface area contributed by atoms with Gasteiger partial charge in [0.25, 0.3) is 0 Å². The van der Waals surface area contributed by atoms with Gasteiger partial charge in [0.2, 0.25) is 5.91 Å². The summed E-state index contributed by atoms with van der Waals surface area (Å²) < 4.78 is 0. The lowest BCUT2D eigenvalue weighted by molar-refractivity contribution is -0.118. The Hall–Kier alpha value is -1.34. The molecule has 2 aromatic carbocycles. The number of halogens is 3. The smallest absolute Gasteiger partial charge is 0.231 e. The summed E-state index contributed by atoms with van der Waals surface area (Å²) in [6.45, 7) is 4.35. The highest BCUT2D eigenvalue weighted by Gasteiger charge is 2.20. The first-order valence-corrected chi connectivity index (χ1v) is 10.4. The van der Waals surface area contributed by atoms with Crippen molar-refractivity contribution in [3.05, 3.63) is 59.7 Å². The molecule has 0 bridgehead atoms. The molecule has 3 rings (SSSR count). The predicted octanol–water partition coefficient (Wildman–Crippen LogP) is 4.06. The quantitative estimate of drug-likeness (QED) is 0.590. The third-order valence-electron chi connectivity index (χ3n) is 5.79. The highest BCUT2D eigenvalue weighted by Crippen LogP contribution is 2.23. The summed E-state index contributed by atoms with van der Waals surface area (Å²) in [5.74, 6) is -0.301. The van der Waals surface area contributed by atoms with Gasteiger partial charge in [-0.15, -0.1) is 37.2 Å². The van der Waals surface area contributed by atoms with E-state index in [-0.39, 0.29) is 49.7 Å². The summed E-state index contributed by atoms with van der Waals surface area (Å²) in [5.41, 5.74) is 10.3. The molecule has 1 heterocycles. The van der Waals surface area contributed by atoms with Crippen molar-refractivity contribution in [1.82, 2.24) is 14.7 Å². The van der Waals surface area contributed by atoms with Crippen LogP contribution in [0.15, 0.2) is 48.5 Å². The van der Waals surface area contributed by atoms with E-state index in [2.05, 4.69) is 72.4 Å². The first-order chi connectivity index (χ1) is 13.9. The van der Waals surface area contributed by atoms with E-state index in [0.29, 0.717) is 6.54 Å². The zero-order chi connectivity index (χ0) is 20.8. The minimum Gasteiger partial charge on any atom is -0.369 e. The Kier molecular flexibility index (Phi) is 14.1. The Bertz CT molecular complexity index is 809. The Morgan fingerprint density at radius 2 is 1.56 bits per heavy atom. The topological polar surface area (TPSA) is 52.8 Å². The summed E-state index contributed by atoms with van der Waals surface area (Å²) in [6, 6.07) is 18.2. The monoisotopic (exact) mass is 502 g/mol. The molecular formula is C24H37Cl3N4O. The molecule has 0 spiro atoms. The van der Waals surface area contributed by atoms with Crippen LogP contribution in [-0.4, -0.2) is 67.4 Å². The van der Waals surface area contributed by atoms with E-state index in [1.54, 1.807) is 0 Å². The van der Waals surface area contributed by atoms with E-state index in [0.717, 1.165) is 12.6 Å². The molecule has 0 aliphatic carbocycles. The van der Waals surface area contributed by atoms with Crippen LogP contribution in [0.5, 0.6) is 0 Å². The molecule has 1 aliphatic rings. The standard InChI is InChI=1S/C24H34N4O.3ClH/c1-26(2)23-11-13-28(14-12-23)17-19-7-9-21(10-8-19)22-6-4-5-20(15-22)16-27(3)18-24(25)29;;;/h4-10,15,23H,11-14,16-18H2,1-3H3,(H2,25,29);3*1H. The molecule has 0 saturated carbocycles. The average Bonchev–Trinajstić information content (AvgIpc) is 2.68. The fraction of sp³-hybridized carbons (Fsp3) is 0.458. The van der Waals surface area contributed by atoms with Crippen molar-refractivity contribution in [2.24, 2.45) is 5.73 Å². The van der Waals surface area contributed by atoms with Crippen molar-refractivity contribution in [3.63, 3.8) is 0 Å². The number of nitrogens with zero attached hydrogens (tertiary/aromatic N) is 3. The van der Waals surface area contributed by atoms with Gasteiger partial charge in [0.15, 0.2) is 0 Å². The number of amides is 1. The van der Waals surface area contributed by atoms with Gasteiger partial charge in [0.05, 0.1) is 6.54 Å². The summed E-state index contributed by atoms with van der Waals surface area (Å²) in [6.07, 6.45) is 2.50. The van der Waals surface area contributed by atoms with Gasteiger partial charge < -0.3 is 10.6 Å². The van der Waals surface area contributed by atoms with Gasteiger partial charge >= 0.3 is 0 Å². The number of likely N-dealkylation sites (tertiary alicyclic amines) is 1. The largest absolute Gasteiger partial charge is 0.369 e. The van der Waals surface area contributed by atoms with Crippen LogP contribution in [-0.2, 0) is 17.9 Å². The normalized spacial score (nSPS) is 14.4. The third-order valence-corrected chi connectivity index (χ3v) is 5.79. The Balaban J connectivity index is 0.00000320. The second kappa shape index (κ2) is 14.7. The number of rotatable bonds is 8. The van der Waals surface area contributed by atoms with Crippen molar-refractivity contribution in [2.75, 3.05) is 40.8 Å². The fourth-order valence-corrected chi connectivity index (χ4v) is 4.14. The molecule has 0 unspecified atom stereocenters. The van der Waals surface area contributed by atoms with Gasteiger partial charge in [-0.1, -0.05) is 42.5 Å². The molecule has 32 heavy (non-hydrogen) atoms. The van der Waals surface area contributed by atoms with Crippen LogP contribution in [0.4, 0.5) is 0 Å². The Labute approximate surface area is 211 Å². The van der Waals surface area contributed by atoms with Gasteiger partial charge in [-0.25, -0.2) is 0 Å². The molecule has 0 atom stereocenters. The summed E-state index contributed by atoms with van der Waals surface area (Å²) >= 11 is 0.